The number of benzene rings is 1. The normalized spacial score (nSPS) is 11.1. The van der Waals surface area contributed by atoms with Crippen molar-refractivity contribution in [3.05, 3.63) is 29.8 Å². The van der Waals surface area contributed by atoms with Gasteiger partial charge in [0.1, 0.15) is 0 Å². The van der Waals surface area contributed by atoms with Crippen LogP contribution in [-0.4, -0.2) is 28.0 Å². The van der Waals surface area contributed by atoms with Gasteiger partial charge >= 0.3 is 0 Å². The fraction of sp³-hybridized carbons (Fsp3) is 0.364. The highest BCUT2D eigenvalue weighted by Crippen LogP contribution is 2.13. The van der Waals surface area contributed by atoms with Gasteiger partial charge in [-0.05, 0) is 25.5 Å². The Balaban J connectivity index is 2.51. The molecular formula is C11H15NO4S. The highest BCUT2D eigenvalue weighted by molar-refractivity contribution is 7.86. The average molecular weight is 257 g/mol. The third-order valence-corrected chi connectivity index (χ3v) is 3.42. The molecular weight excluding hydrogens is 242 g/mol. The number of amides is 1. The predicted octanol–water partition coefficient (Wildman–Crippen LogP) is 0.836. The van der Waals surface area contributed by atoms with Crippen molar-refractivity contribution < 1.29 is 17.4 Å². The fourth-order valence-electron chi connectivity index (χ4n) is 1.17. The molecule has 1 aromatic rings. The summed E-state index contributed by atoms with van der Waals surface area (Å²) in [7, 11) is -3.68. The molecule has 1 amide bonds. The first-order valence-corrected chi connectivity index (χ1v) is 6.60. The van der Waals surface area contributed by atoms with E-state index < -0.39 is 10.1 Å². The van der Waals surface area contributed by atoms with E-state index in [0.717, 1.165) is 5.56 Å². The summed E-state index contributed by atoms with van der Waals surface area (Å²) < 4.78 is 28.1. The second kappa shape index (κ2) is 6.36. The van der Waals surface area contributed by atoms with E-state index >= 15 is 0 Å². The summed E-state index contributed by atoms with van der Waals surface area (Å²) in [6.07, 6.45) is 1.01. The summed E-state index contributed by atoms with van der Waals surface area (Å²) in [6, 6.07) is 6.44. The van der Waals surface area contributed by atoms with Gasteiger partial charge in [-0.3, -0.25) is 8.98 Å². The number of nitrogens with one attached hydrogen (secondary N) is 1. The van der Waals surface area contributed by atoms with Gasteiger partial charge in [-0.1, -0.05) is 17.7 Å². The van der Waals surface area contributed by atoms with Gasteiger partial charge in [-0.15, -0.1) is 0 Å². The number of rotatable bonds is 7. The minimum atomic E-state index is -3.68. The van der Waals surface area contributed by atoms with Crippen molar-refractivity contribution in [1.82, 2.24) is 5.32 Å². The molecule has 0 aliphatic carbocycles. The fourth-order valence-corrected chi connectivity index (χ4v) is 2.12. The topological polar surface area (TPSA) is 72.5 Å². The van der Waals surface area contributed by atoms with Crippen molar-refractivity contribution in [2.24, 2.45) is 0 Å². The second-order valence-corrected chi connectivity index (χ2v) is 5.13. The van der Waals surface area contributed by atoms with Gasteiger partial charge in [0.05, 0.1) is 11.5 Å². The van der Waals surface area contributed by atoms with Crippen LogP contribution >= 0.6 is 0 Å². The molecule has 0 heterocycles. The number of aryl methyl sites for hydroxylation is 1. The Labute approximate surface area is 101 Å². The lowest BCUT2D eigenvalue weighted by atomic mass is 10.2. The summed E-state index contributed by atoms with van der Waals surface area (Å²) in [5, 5.41) is 2.43. The van der Waals surface area contributed by atoms with Gasteiger partial charge in [0.25, 0.3) is 10.1 Å². The lowest BCUT2D eigenvalue weighted by Crippen LogP contribution is -2.16. The summed E-state index contributed by atoms with van der Waals surface area (Å²) in [5.74, 6) is 0. The first-order valence-electron chi connectivity index (χ1n) is 5.19. The van der Waals surface area contributed by atoms with Gasteiger partial charge in [0.2, 0.25) is 6.41 Å². The Hall–Kier alpha value is -1.40. The Bertz CT molecular complexity index is 453. The third kappa shape index (κ3) is 4.54. The van der Waals surface area contributed by atoms with Crippen LogP contribution in [0.5, 0.6) is 0 Å². The number of carbonyl (C=O) groups is 1. The second-order valence-electron chi connectivity index (χ2n) is 3.51. The van der Waals surface area contributed by atoms with E-state index in [2.05, 4.69) is 5.32 Å². The number of carbonyl (C=O) groups excluding carboxylic acids is 1. The molecule has 94 valence electrons. The quantitative estimate of drug-likeness (QED) is 0.446. The highest BCUT2D eigenvalue weighted by atomic mass is 32.2. The van der Waals surface area contributed by atoms with E-state index in [1.807, 2.05) is 6.92 Å². The van der Waals surface area contributed by atoms with Gasteiger partial charge in [0, 0.05) is 6.54 Å². The van der Waals surface area contributed by atoms with E-state index in [-0.39, 0.29) is 11.5 Å². The van der Waals surface area contributed by atoms with Crippen molar-refractivity contribution in [3.8, 4) is 0 Å². The predicted molar refractivity (Wildman–Crippen MR) is 63.0 cm³/mol. The molecule has 0 fully saturated rings. The lowest BCUT2D eigenvalue weighted by molar-refractivity contribution is -0.109. The maximum atomic E-state index is 11.7. The van der Waals surface area contributed by atoms with Crippen LogP contribution in [0.15, 0.2) is 29.2 Å². The van der Waals surface area contributed by atoms with Crippen molar-refractivity contribution >= 4 is 16.5 Å². The molecule has 0 spiro atoms. The molecule has 0 radical (unpaired) electrons. The largest absolute Gasteiger partial charge is 0.359 e. The molecule has 5 nitrogen and oxygen atoms in total. The molecule has 0 saturated carbocycles. The molecule has 1 rings (SSSR count). The van der Waals surface area contributed by atoms with Crippen LogP contribution in [0.25, 0.3) is 0 Å². The van der Waals surface area contributed by atoms with Gasteiger partial charge in [0.15, 0.2) is 0 Å². The highest BCUT2D eigenvalue weighted by Gasteiger charge is 2.13. The van der Waals surface area contributed by atoms with E-state index in [0.29, 0.717) is 19.4 Å². The number of hydrogen-bond acceptors (Lipinski definition) is 4. The van der Waals surface area contributed by atoms with Gasteiger partial charge in [-0.2, -0.15) is 8.42 Å². The minimum Gasteiger partial charge on any atom is -0.359 e. The van der Waals surface area contributed by atoms with Crippen LogP contribution in [0.2, 0.25) is 0 Å². The van der Waals surface area contributed by atoms with Crippen molar-refractivity contribution in [1.29, 1.82) is 0 Å². The van der Waals surface area contributed by atoms with E-state index in [1.165, 1.54) is 12.1 Å². The molecule has 0 aliphatic rings. The lowest BCUT2D eigenvalue weighted by Gasteiger charge is -2.05. The van der Waals surface area contributed by atoms with Crippen LogP contribution in [0, 0.1) is 6.92 Å². The zero-order valence-corrected chi connectivity index (χ0v) is 10.4. The van der Waals surface area contributed by atoms with E-state index in [1.54, 1.807) is 12.1 Å². The summed E-state index contributed by atoms with van der Waals surface area (Å²) in [4.78, 5) is 10.1. The van der Waals surface area contributed by atoms with Crippen molar-refractivity contribution in [3.63, 3.8) is 0 Å². The molecule has 0 aromatic heterocycles. The first-order chi connectivity index (χ1) is 8.06. The van der Waals surface area contributed by atoms with Crippen LogP contribution in [0.3, 0.4) is 0 Å². The Kier molecular flexibility index (Phi) is 5.11. The molecule has 0 saturated heterocycles. The maximum Gasteiger partial charge on any atom is 0.296 e. The van der Waals surface area contributed by atoms with Gasteiger partial charge in [-0.25, -0.2) is 0 Å². The van der Waals surface area contributed by atoms with Crippen LogP contribution < -0.4 is 5.32 Å². The van der Waals surface area contributed by atoms with Crippen LogP contribution in [0.1, 0.15) is 12.0 Å². The van der Waals surface area contributed by atoms with Crippen molar-refractivity contribution in [2.75, 3.05) is 13.2 Å². The molecule has 6 heteroatoms. The third-order valence-electron chi connectivity index (χ3n) is 2.10. The standard InChI is InChI=1S/C11H15NO4S/c1-10-3-5-11(6-4-10)17(14,15)16-8-2-7-12-9-13/h3-6,9H,2,7-8H2,1H3,(H,12,13). The zero-order chi connectivity index (χ0) is 12.7. The van der Waals surface area contributed by atoms with E-state index in [4.69, 9.17) is 4.18 Å². The molecule has 17 heavy (non-hydrogen) atoms. The summed E-state index contributed by atoms with van der Waals surface area (Å²) >= 11 is 0. The molecule has 1 N–H and O–H groups in total. The van der Waals surface area contributed by atoms with E-state index in [9.17, 15) is 13.2 Å². The molecule has 0 aliphatic heterocycles. The zero-order valence-electron chi connectivity index (χ0n) is 9.55. The van der Waals surface area contributed by atoms with Gasteiger partial charge < -0.3 is 5.32 Å². The maximum absolute atomic E-state index is 11.7. The SMILES string of the molecule is Cc1ccc(S(=O)(=O)OCCCNC=O)cc1. The minimum absolute atomic E-state index is 0.0526. The molecule has 0 bridgehead atoms. The van der Waals surface area contributed by atoms with Crippen LogP contribution in [-0.2, 0) is 19.1 Å². The smallest absolute Gasteiger partial charge is 0.296 e. The monoisotopic (exact) mass is 257 g/mol. The van der Waals surface area contributed by atoms with Crippen molar-refractivity contribution in [2.45, 2.75) is 18.2 Å². The first kappa shape index (κ1) is 13.7. The summed E-state index contributed by atoms with van der Waals surface area (Å²) in [5.41, 5.74) is 0.985. The molecule has 1 aromatic carbocycles. The molecule has 0 unspecified atom stereocenters. The average Bonchev–Trinajstić information content (AvgIpc) is 2.29. The Morgan fingerprint density at radius 3 is 2.53 bits per heavy atom. The Morgan fingerprint density at radius 1 is 1.29 bits per heavy atom. The number of hydrogen-bond donors (Lipinski definition) is 1. The van der Waals surface area contributed by atoms with Crippen LogP contribution in [0.4, 0.5) is 0 Å². The summed E-state index contributed by atoms with van der Waals surface area (Å²) in [6.45, 7) is 2.33. The molecule has 0 atom stereocenters. The Morgan fingerprint density at radius 2 is 1.94 bits per heavy atom.